The van der Waals surface area contributed by atoms with Crippen LogP contribution in [0.3, 0.4) is 0 Å². The van der Waals surface area contributed by atoms with E-state index in [9.17, 15) is 14.9 Å². The molecule has 0 spiro atoms. The number of benzene rings is 2. The van der Waals surface area contributed by atoms with Crippen LogP contribution in [0, 0.1) is 10.1 Å². The molecule has 22 heavy (non-hydrogen) atoms. The van der Waals surface area contributed by atoms with E-state index in [2.05, 4.69) is 13.8 Å². The molecule has 2 rings (SSSR count). The molecule has 0 aliphatic heterocycles. The molecule has 2 aromatic carbocycles. The SMILES string of the molecule is COc1ccc(C(=O)c2ccc(C(C)C)cc2)cc1[N+](=O)[O-]. The number of ether oxygens (including phenoxy) is 1. The topological polar surface area (TPSA) is 69.4 Å². The van der Waals surface area contributed by atoms with Crippen molar-refractivity contribution < 1.29 is 14.5 Å². The molecule has 0 unspecified atom stereocenters. The Labute approximate surface area is 128 Å². The zero-order chi connectivity index (χ0) is 16.3. The summed E-state index contributed by atoms with van der Waals surface area (Å²) in [6.45, 7) is 4.15. The molecule has 2 aromatic rings. The molecule has 0 atom stereocenters. The van der Waals surface area contributed by atoms with Crippen LogP contribution in [0.2, 0.25) is 0 Å². The van der Waals surface area contributed by atoms with Gasteiger partial charge in [0.15, 0.2) is 11.5 Å². The summed E-state index contributed by atoms with van der Waals surface area (Å²) < 4.78 is 4.94. The van der Waals surface area contributed by atoms with Crippen LogP contribution in [0.15, 0.2) is 42.5 Å². The van der Waals surface area contributed by atoms with Gasteiger partial charge in [0, 0.05) is 17.2 Å². The summed E-state index contributed by atoms with van der Waals surface area (Å²) in [6.07, 6.45) is 0. The van der Waals surface area contributed by atoms with Gasteiger partial charge in [-0.25, -0.2) is 0 Å². The van der Waals surface area contributed by atoms with Crippen molar-refractivity contribution in [3.05, 3.63) is 69.3 Å². The molecule has 0 aromatic heterocycles. The van der Waals surface area contributed by atoms with E-state index in [1.807, 2.05) is 12.1 Å². The van der Waals surface area contributed by atoms with Gasteiger partial charge in [0.1, 0.15) is 0 Å². The molecule has 0 fully saturated rings. The van der Waals surface area contributed by atoms with E-state index < -0.39 is 4.92 Å². The molecule has 5 heteroatoms. The second-order valence-electron chi connectivity index (χ2n) is 5.25. The number of nitro groups is 1. The Morgan fingerprint density at radius 1 is 1.09 bits per heavy atom. The normalized spacial score (nSPS) is 10.5. The van der Waals surface area contributed by atoms with Crippen LogP contribution in [0.25, 0.3) is 0 Å². The molecule has 0 aliphatic rings. The van der Waals surface area contributed by atoms with Gasteiger partial charge in [-0.3, -0.25) is 14.9 Å². The number of carbonyl (C=O) groups excluding carboxylic acids is 1. The summed E-state index contributed by atoms with van der Waals surface area (Å²) in [6, 6.07) is 11.5. The molecule has 0 saturated heterocycles. The molecule has 114 valence electrons. The smallest absolute Gasteiger partial charge is 0.311 e. The maximum absolute atomic E-state index is 12.4. The summed E-state index contributed by atoms with van der Waals surface area (Å²) in [5, 5.41) is 11.0. The van der Waals surface area contributed by atoms with E-state index in [1.54, 1.807) is 12.1 Å². The molecule has 0 radical (unpaired) electrons. The van der Waals surface area contributed by atoms with Crippen molar-refractivity contribution in [2.75, 3.05) is 7.11 Å². The zero-order valence-corrected chi connectivity index (χ0v) is 12.7. The Morgan fingerprint density at radius 3 is 2.18 bits per heavy atom. The Bertz CT molecular complexity index is 705. The first-order chi connectivity index (χ1) is 10.4. The molecular formula is C17H17NO4. The lowest BCUT2D eigenvalue weighted by molar-refractivity contribution is -0.385. The summed E-state index contributed by atoms with van der Waals surface area (Å²) in [5.74, 6) is 0.268. The highest BCUT2D eigenvalue weighted by atomic mass is 16.6. The highest BCUT2D eigenvalue weighted by Crippen LogP contribution is 2.28. The lowest BCUT2D eigenvalue weighted by Crippen LogP contribution is -2.03. The van der Waals surface area contributed by atoms with Gasteiger partial charge >= 0.3 is 5.69 Å². The first kappa shape index (κ1) is 15.7. The van der Waals surface area contributed by atoms with Gasteiger partial charge in [-0.1, -0.05) is 38.1 Å². The van der Waals surface area contributed by atoms with Crippen molar-refractivity contribution in [1.29, 1.82) is 0 Å². The van der Waals surface area contributed by atoms with Gasteiger partial charge in [0.05, 0.1) is 12.0 Å². The molecular weight excluding hydrogens is 282 g/mol. The molecule has 0 bridgehead atoms. The van der Waals surface area contributed by atoms with Gasteiger partial charge in [0.25, 0.3) is 0 Å². The third kappa shape index (κ3) is 3.14. The van der Waals surface area contributed by atoms with Crippen LogP contribution >= 0.6 is 0 Å². The van der Waals surface area contributed by atoms with Gasteiger partial charge in [-0.15, -0.1) is 0 Å². The maximum Gasteiger partial charge on any atom is 0.311 e. The van der Waals surface area contributed by atoms with E-state index in [4.69, 9.17) is 4.74 Å². The highest BCUT2D eigenvalue weighted by molar-refractivity contribution is 6.09. The van der Waals surface area contributed by atoms with Crippen LogP contribution in [-0.2, 0) is 0 Å². The van der Waals surface area contributed by atoms with E-state index in [0.717, 1.165) is 5.56 Å². The van der Waals surface area contributed by atoms with Crippen molar-refractivity contribution in [3.8, 4) is 5.75 Å². The Kier molecular flexibility index (Phi) is 4.56. The van der Waals surface area contributed by atoms with Crippen LogP contribution in [-0.4, -0.2) is 17.8 Å². The minimum Gasteiger partial charge on any atom is -0.490 e. The second-order valence-corrected chi connectivity index (χ2v) is 5.25. The van der Waals surface area contributed by atoms with E-state index >= 15 is 0 Å². The van der Waals surface area contributed by atoms with Crippen molar-refractivity contribution in [2.24, 2.45) is 0 Å². The fourth-order valence-electron chi connectivity index (χ4n) is 2.16. The number of hydrogen-bond acceptors (Lipinski definition) is 4. The third-order valence-electron chi connectivity index (χ3n) is 3.48. The fraction of sp³-hybridized carbons (Fsp3) is 0.235. The molecule has 0 amide bonds. The number of nitrogens with zero attached hydrogens (tertiary/aromatic N) is 1. The van der Waals surface area contributed by atoms with Gasteiger partial charge in [-0.05, 0) is 23.6 Å². The predicted molar refractivity (Wildman–Crippen MR) is 83.6 cm³/mol. The minimum atomic E-state index is -0.558. The predicted octanol–water partition coefficient (Wildman–Crippen LogP) is 3.96. The second kappa shape index (κ2) is 6.39. The summed E-state index contributed by atoms with van der Waals surface area (Å²) in [7, 11) is 1.36. The number of methoxy groups -OCH3 is 1. The molecule has 0 saturated carbocycles. The quantitative estimate of drug-likeness (QED) is 0.476. The van der Waals surface area contributed by atoms with E-state index in [-0.39, 0.29) is 22.8 Å². The van der Waals surface area contributed by atoms with Crippen molar-refractivity contribution in [2.45, 2.75) is 19.8 Å². The summed E-state index contributed by atoms with van der Waals surface area (Å²) >= 11 is 0. The molecule has 0 aliphatic carbocycles. The van der Waals surface area contributed by atoms with Crippen LogP contribution in [0.1, 0.15) is 41.3 Å². The van der Waals surface area contributed by atoms with Crippen molar-refractivity contribution in [1.82, 2.24) is 0 Å². The summed E-state index contributed by atoms with van der Waals surface area (Å²) in [5.41, 5.74) is 1.69. The first-order valence-electron chi connectivity index (χ1n) is 6.91. The lowest BCUT2D eigenvalue weighted by atomic mass is 9.98. The van der Waals surface area contributed by atoms with Gasteiger partial charge < -0.3 is 4.74 Å². The van der Waals surface area contributed by atoms with Crippen LogP contribution in [0.4, 0.5) is 5.69 Å². The van der Waals surface area contributed by atoms with Crippen molar-refractivity contribution in [3.63, 3.8) is 0 Å². The Hall–Kier alpha value is -2.69. The number of nitro benzene ring substituents is 1. The first-order valence-corrected chi connectivity index (χ1v) is 6.91. The van der Waals surface area contributed by atoms with E-state index in [1.165, 1.54) is 25.3 Å². The Morgan fingerprint density at radius 2 is 1.68 bits per heavy atom. The monoisotopic (exact) mass is 299 g/mol. The summed E-state index contributed by atoms with van der Waals surface area (Å²) in [4.78, 5) is 22.9. The number of ketones is 1. The van der Waals surface area contributed by atoms with Crippen LogP contribution in [0.5, 0.6) is 5.75 Å². The fourth-order valence-corrected chi connectivity index (χ4v) is 2.16. The third-order valence-corrected chi connectivity index (χ3v) is 3.48. The molecule has 5 nitrogen and oxygen atoms in total. The average molecular weight is 299 g/mol. The zero-order valence-electron chi connectivity index (χ0n) is 12.7. The van der Waals surface area contributed by atoms with Gasteiger partial charge in [-0.2, -0.15) is 0 Å². The number of carbonyl (C=O) groups is 1. The number of hydrogen-bond donors (Lipinski definition) is 0. The molecule has 0 heterocycles. The van der Waals surface area contributed by atoms with Crippen LogP contribution < -0.4 is 4.74 Å². The van der Waals surface area contributed by atoms with Gasteiger partial charge in [0.2, 0.25) is 0 Å². The minimum absolute atomic E-state index is 0.136. The molecule has 0 N–H and O–H groups in total. The number of rotatable bonds is 5. The largest absolute Gasteiger partial charge is 0.490 e. The van der Waals surface area contributed by atoms with E-state index in [0.29, 0.717) is 11.5 Å². The van der Waals surface area contributed by atoms with Crippen molar-refractivity contribution >= 4 is 11.5 Å². The lowest BCUT2D eigenvalue weighted by Gasteiger charge is -2.07. The average Bonchev–Trinajstić information content (AvgIpc) is 2.53. The maximum atomic E-state index is 12.4. The standard InChI is InChI=1S/C17H17NO4/c1-11(2)12-4-6-13(7-5-12)17(19)14-8-9-16(22-3)15(10-14)18(20)21/h4-11H,1-3H3. The Balaban J connectivity index is 2.37. The highest BCUT2D eigenvalue weighted by Gasteiger charge is 2.19.